The maximum atomic E-state index is 15.4. The summed E-state index contributed by atoms with van der Waals surface area (Å²) in [6, 6.07) is 10.9. The summed E-state index contributed by atoms with van der Waals surface area (Å²) in [5.41, 5.74) is 6.22. The number of hydrogen-bond donors (Lipinski definition) is 8. The monoisotopic (exact) mass is 1040 g/mol. The molecule has 1 aliphatic heterocycles. The highest BCUT2D eigenvalue weighted by Crippen LogP contribution is 2.41. The molecular weight excluding hydrogens is 981 g/mol. The van der Waals surface area contributed by atoms with Crippen molar-refractivity contribution in [2.45, 2.75) is 71.2 Å². The Morgan fingerprint density at radius 1 is 0.787 bits per heavy atom. The zero-order chi connectivity index (χ0) is 55.0. The number of amides is 10. The fraction of sp³-hybridized carbons (Fsp3) is 0.353. The summed E-state index contributed by atoms with van der Waals surface area (Å²) in [5.74, 6) is -9.80. The van der Waals surface area contributed by atoms with Gasteiger partial charge in [0, 0.05) is 79.3 Å². The largest absolute Gasteiger partial charge is 0.387 e. The van der Waals surface area contributed by atoms with E-state index in [1.807, 2.05) is 30.3 Å². The van der Waals surface area contributed by atoms with E-state index in [0.29, 0.717) is 10.6 Å². The van der Waals surface area contributed by atoms with Gasteiger partial charge < -0.3 is 52.2 Å². The predicted octanol–water partition coefficient (Wildman–Crippen LogP) is 0.112. The number of aromatic nitrogens is 2. The van der Waals surface area contributed by atoms with Gasteiger partial charge in [0.25, 0.3) is 17.7 Å². The SMILES string of the molecule is C[C@H](NC(=O)CNC(=O)c1ccncc1)C(=O)N[C@@H](CC(N)=O)C(=O)N[C@@H](CCN(C(=O)CO)[C@@H](c1cc(-c2cc(F)ccc2F)cn1Cc1ccccc1)C(C)(C)C)C(=O)NCCNC(=O)CN1C(=O)C=CC1=O. The van der Waals surface area contributed by atoms with E-state index in [1.54, 1.807) is 37.6 Å². The van der Waals surface area contributed by atoms with Gasteiger partial charge in [-0.05, 0) is 60.7 Å². The average Bonchev–Trinajstić information content (AvgIpc) is 3.92. The fourth-order valence-corrected chi connectivity index (χ4v) is 8.04. The van der Waals surface area contributed by atoms with Gasteiger partial charge in [-0.3, -0.25) is 57.8 Å². The summed E-state index contributed by atoms with van der Waals surface area (Å²) in [6.45, 7) is 3.77. The number of aliphatic hydroxyl groups excluding tert-OH is 1. The molecule has 0 aliphatic carbocycles. The average molecular weight is 1040 g/mol. The van der Waals surface area contributed by atoms with Gasteiger partial charge in [-0.2, -0.15) is 0 Å². The van der Waals surface area contributed by atoms with Crippen LogP contribution >= 0.6 is 0 Å². The Morgan fingerprint density at radius 3 is 2.08 bits per heavy atom. The summed E-state index contributed by atoms with van der Waals surface area (Å²) in [5, 5.41) is 25.1. The summed E-state index contributed by atoms with van der Waals surface area (Å²) in [6.07, 6.45) is 5.16. The molecule has 2 aromatic carbocycles. The quantitative estimate of drug-likeness (QED) is 0.0324. The minimum atomic E-state index is -1.75. The van der Waals surface area contributed by atoms with Crippen molar-refractivity contribution in [2.24, 2.45) is 11.1 Å². The van der Waals surface area contributed by atoms with Crippen LogP contribution in [0.15, 0.2) is 97.5 Å². The molecule has 24 heteroatoms. The van der Waals surface area contributed by atoms with E-state index in [2.05, 4.69) is 36.9 Å². The molecule has 1 aliphatic rings. The molecule has 3 heterocycles. The van der Waals surface area contributed by atoms with Gasteiger partial charge in [0.05, 0.1) is 19.0 Å². The van der Waals surface area contributed by atoms with Gasteiger partial charge >= 0.3 is 0 Å². The molecule has 0 unspecified atom stereocenters. The van der Waals surface area contributed by atoms with Gasteiger partial charge in [-0.25, -0.2) is 8.78 Å². The number of nitrogens with zero attached hydrogens (tertiary/aromatic N) is 4. The highest BCUT2D eigenvalue weighted by Gasteiger charge is 2.39. The van der Waals surface area contributed by atoms with E-state index in [1.165, 1.54) is 36.4 Å². The standard InChI is InChI=1S/C51H59F2N11O11/c1-30(59-41(67)25-58-48(73)32-14-17-55-18-15-32)47(72)61-38(24-40(54)66)50(75)60-37(49(74)57-20-19-56-42(68)28-64-43(69)12-13-44(64)70)16-21-63(45(71)29-65)46(51(2,3)4)39-22-33(35-23-34(52)10-11-36(35)53)27-62(39)26-31-8-6-5-7-9-31/h5-15,17-18,22-23,27,30,37-38,46,65H,16,19-21,24-26,28-29H2,1-4H3,(H2,54,66)(H,56,68)(H,57,74)(H,58,73)(H,59,67)(H,60,75)(H,61,72)/t30-,37-,38-,46-/m0/s1. The van der Waals surface area contributed by atoms with E-state index in [0.717, 1.165) is 35.9 Å². The van der Waals surface area contributed by atoms with Gasteiger partial charge in [-0.1, -0.05) is 51.1 Å². The van der Waals surface area contributed by atoms with Crippen LogP contribution < -0.4 is 37.6 Å². The normalized spacial score (nSPS) is 13.7. The van der Waals surface area contributed by atoms with Crippen LogP contribution in [0.5, 0.6) is 0 Å². The van der Waals surface area contributed by atoms with Crippen LogP contribution in [0.4, 0.5) is 8.78 Å². The van der Waals surface area contributed by atoms with Gasteiger partial charge in [-0.15, -0.1) is 0 Å². The fourth-order valence-electron chi connectivity index (χ4n) is 8.04. The summed E-state index contributed by atoms with van der Waals surface area (Å²) >= 11 is 0. The second-order valence-corrected chi connectivity index (χ2v) is 18.4. The number of carbonyl (C=O) groups excluding carboxylic acids is 10. The molecule has 0 radical (unpaired) electrons. The smallest absolute Gasteiger partial charge is 0.254 e. The third-order valence-electron chi connectivity index (χ3n) is 11.6. The number of pyridine rings is 1. The molecular formula is C51H59F2N11O11. The van der Waals surface area contributed by atoms with Crippen LogP contribution in [0.2, 0.25) is 0 Å². The van der Waals surface area contributed by atoms with Crippen molar-refractivity contribution in [3.05, 3.63) is 126 Å². The number of benzene rings is 2. The van der Waals surface area contributed by atoms with E-state index in [-0.39, 0.29) is 42.9 Å². The third kappa shape index (κ3) is 16.4. The lowest BCUT2D eigenvalue weighted by Crippen LogP contribution is -2.58. The number of rotatable bonds is 25. The van der Waals surface area contributed by atoms with Gasteiger partial charge in [0.2, 0.25) is 41.4 Å². The maximum Gasteiger partial charge on any atom is 0.254 e. The van der Waals surface area contributed by atoms with E-state index < -0.39 is 133 Å². The number of hydrogen-bond acceptors (Lipinski definition) is 12. The Hall–Kier alpha value is -8.67. The minimum absolute atomic E-state index is 0.0683. The molecule has 75 heavy (non-hydrogen) atoms. The second kappa shape index (κ2) is 26.3. The minimum Gasteiger partial charge on any atom is -0.387 e. The zero-order valence-corrected chi connectivity index (χ0v) is 41.6. The molecule has 398 valence electrons. The molecule has 0 saturated carbocycles. The molecule has 10 amide bonds. The molecule has 22 nitrogen and oxygen atoms in total. The molecule has 0 fully saturated rings. The van der Waals surface area contributed by atoms with Crippen molar-refractivity contribution in [1.29, 1.82) is 0 Å². The lowest BCUT2D eigenvalue weighted by Gasteiger charge is -2.41. The van der Waals surface area contributed by atoms with Crippen molar-refractivity contribution >= 4 is 59.1 Å². The third-order valence-corrected chi connectivity index (χ3v) is 11.6. The van der Waals surface area contributed by atoms with Crippen molar-refractivity contribution in [2.75, 3.05) is 39.3 Å². The summed E-state index contributed by atoms with van der Waals surface area (Å²) in [7, 11) is 0. The number of primary amides is 1. The van der Waals surface area contributed by atoms with Crippen molar-refractivity contribution < 1.29 is 61.8 Å². The highest BCUT2D eigenvalue weighted by molar-refractivity contribution is 6.14. The number of aliphatic hydroxyl groups is 1. The maximum absolute atomic E-state index is 15.4. The van der Waals surface area contributed by atoms with Crippen LogP contribution in [-0.2, 0) is 49.7 Å². The van der Waals surface area contributed by atoms with Crippen molar-refractivity contribution in [3.8, 4) is 11.1 Å². The lowest BCUT2D eigenvalue weighted by atomic mass is 9.82. The van der Waals surface area contributed by atoms with Crippen LogP contribution in [0.1, 0.15) is 68.2 Å². The molecule has 5 rings (SSSR count). The molecule has 0 bridgehead atoms. The number of nitrogens with one attached hydrogen (secondary N) is 6. The summed E-state index contributed by atoms with van der Waals surface area (Å²) in [4.78, 5) is 135. The molecule has 9 N–H and O–H groups in total. The molecule has 4 aromatic rings. The number of carbonyl (C=O) groups is 10. The number of imide groups is 1. The summed E-state index contributed by atoms with van der Waals surface area (Å²) < 4.78 is 31.7. The van der Waals surface area contributed by atoms with Crippen molar-refractivity contribution in [1.82, 2.24) is 51.3 Å². The van der Waals surface area contributed by atoms with E-state index >= 15 is 4.39 Å². The van der Waals surface area contributed by atoms with Crippen molar-refractivity contribution in [3.63, 3.8) is 0 Å². The lowest BCUT2D eigenvalue weighted by molar-refractivity contribution is -0.141. The topological polar surface area (TPSA) is 313 Å². The number of halogens is 2. The first-order valence-corrected chi connectivity index (χ1v) is 23.6. The highest BCUT2D eigenvalue weighted by atomic mass is 19.1. The molecule has 4 atom stereocenters. The first-order valence-electron chi connectivity index (χ1n) is 23.6. The Labute approximate surface area is 429 Å². The second-order valence-electron chi connectivity index (χ2n) is 18.4. The van der Waals surface area contributed by atoms with Crippen LogP contribution in [0, 0.1) is 17.0 Å². The Balaban J connectivity index is 1.41. The zero-order valence-electron chi connectivity index (χ0n) is 41.6. The molecule has 0 saturated heterocycles. The molecule has 0 spiro atoms. The van der Waals surface area contributed by atoms with E-state index in [4.69, 9.17) is 5.73 Å². The Bertz CT molecular complexity index is 2780. The Kier molecular flexibility index (Phi) is 20.1. The van der Waals surface area contributed by atoms with Crippen LogP contribution in [0.25, 0.3) is 11.1 Å². The first-order chi connectivity index (χ1) is 35.6. The van der Waals surface area contributed by atoms with E-state index in [9.17, 15) is 57.4 Å². The Morgan fingerprint density at radius 2 is 1.44 bits per heavy atom. The van der Waals surface area contributed by atoms with Crippen LogP contribution in [0.3, 0.4) is 0 Å². The van der Waals surface area contributed by atoms with Crippen LogP contribution in [-0.4, -0.2) is 141 Å². The van der Waals surface area contributed by atoms with Gasteiger partial charge in [0.1, 0.15) is 42.9 Å². The van der Waals surface area contributed by atoms with Gasteiger partial charge in [0.15, 0.2) is 0 Å². The first kappa shape index (κ1) is 57.2. The molecule has 2 aromatic heterocycles. The predicted molar refractivity (Wildman–Crippen MR) is 265 cm³/mol. The number of nitrogens with two attached hydrogens (primary N) is 1.